The summed E-state index contributed by atoms with van der Waals surface area (Å²) < 4.78 is 76.5. The molecule has 0 spiro atoms. The number of halogens is 7. The van der Waals surface area contributed by atoms with E-state index in [1.54, 1.807) is 6.20 Å². The molecule has 38 heavy (non-hydrogen) atoms. The van der Waals surface area contributed by atoms with Gasteiger partial charge in [-0.1, -0.05) is 18.2 Å². The standard InChI is InChI=1S/C19H20FN3O.2C2HF3O2/c20-16-5-3-14(4-6-16)12-22-9-7-17-18(22)10-19(24)23(17)13-15-2-1-8-21-11-15;2*3-2(4,5)1(6)7/h1-6,8,11,17-18H,7,9-10,12-13H2;2*(H,6,7)/t17-,18+;;/m0../s1. The first-order valence-electron chi connectivity index (χ1n) is 10.9. The molecule has 208 valence electrons. The number of pyridine rings is 1. The minimum atomic E-state index is -5.08. The Morgan fingerprint density at radius 3 is 1.92 bits per heavy atom. The minimum absolute atomic E-state index is 0.211. The van der Waals surface area contributed by atoms with Crippen molar-refractivity contribution in [2.75, 3.05) is 6.54 Å². The van der Waals surface area contributed by atoms with Gasteiger partial charge in [-0.15, -0.1) is 0 Å². The van der Waals surface area contributed by atoms with E-state index in [0.717, 1.165) is 30.6 Å². The van der Waals surface area contributed by atoms with E-state index in [1.807, 2.05) is 35.4 Å². The van der Waals surface area contributed by atoms with E-state index in [-0.39, 0.29) is 23.8 Å². The van der Waals surface area contributed by atoms with Gasteiger partial charge in [0.1, 0.15) is 5.82 Å². The van der Waals surface area contributed by atoms with Gasteiger partial charge in [0, 0.05) is 50.5 Å². The number of aliphatic carboxylic acids is 2. The van der Waals surface area contributed by atoms with E-state index in [2.05, 4.69) is 9.88 Å². The predicted octanol–water partition coefficient (Wildman–Crippen LogP) is 3.86. The van der Waals surface area contributed by atoms with Crippen molar-refractivity contribution in [2.45, 2.75) is 50.4 Å². The SMILES string of the molecule is O=C(O)C(F)(F)F.O=C(O)C(F)(F)F.O=C1C[C@@H]2[C@H](CCN2Cc2ccc(F)cc2)N1Cc1cccnc1. The molecule has 1 aromatic heterocycles. The Morgan fingerprint density at radius 1 is 0.895 bits per heavy atom. The second kappa shape index (κ2) is 12.7. The smallest absolute Gasteiger partial charge is 0.475 e. The lowest BCUT2D eigenvalue weighted by Gasteiger charge is -2.25. The number of likely N-dealkylation sites (tertiary alicyclic amines) is 2. The maximum absolute atomic E-state index is 13.1. The third-order valence-electron chi connectivity index (χ3n) is 5.59. The lowest BCUT2D eigenvalue weighted by molar-refractivity contribution is -0.193. The summed E-state index contributed by atoms with van der Waals surface area (Å²) in [6, 6.07) is 11.1. The molecular weight excluding hydrogens is 531 g/mol. The van der Waals surface area contributed by atoms with Crippen molar-refractivity contribution in [3.05, 3.63) is 65.7 Å². The molecule has 0 saturated carbocycles. The van der Waals surface area contributed by atoms with Crippen molar-refractivity contribution < 1.29 is 55.3 Å². The Labute approximate surface area is 211 Å². The number of hydrogen-bond acceptors (Lipinski definition) is 5. The van der Waals surface area contributed by atoms with E-state index in [1.165, 1.54) is 12.1 Å². The molecule has 2 aromatic rings. The molecule has 0 bridgehead atoms. The number of fused-ring (bicyclic) bond motifs is 1. The first-order valence-corrected chi connectivity index (χ1v) is 10.9. The third kappa shape index (κ3) is 8.97. The van der Waals surface area contributed by atoms with Gasteiger partial charge in [0.25, 0.3) is 0 Å². The number of carbonyl (C=O) groups excluding carboxylic acids is 1. The van der Waals surface area contributed by atoms with Crippen molar-refractivity contribution in [3.8, 4) is 0 Å². The van der Waals surface area contributed by atoms with Crippen LogP contribution in [0.5, 0.6) is 0 Å². The zero-order valence-electron chi connectivity index (χ0n) is 19.4. The number of nitrogens with zero attached hydrogens (tertiary/aromatic N) is 3. The minimum Gasteiger partial charge on any atom is -0.475 e. The van der Waals surface area contributed by atoms with E-state index in [9.17, 15) is 35.5 Å². The first-order chi connectivity index (χ1) is 17.6. The molecule has 1 aromatic carbocycles. The Bertz CT molecular complexity index is 1070. The zero-order valence-corrected chi connectivity index (χ0v) is 19.4. The van der Waals surface area contributed by atoms with Crippen molar-refractivity contribution in [2.24, 2.45) is 0 Å². The summed E-state index contributed by atoms with van der Waals surface area (Å²) in [6.07, 6.45) is -5.02. The van der Waals surface area contributed by atoms with Gasteiger partial charge in [-0.25, -0.2) is 14.0 Å². The fourth-order valence-electron chi connectivity index (χ4n) is 3.92. The van der Waals surface area contributed by atoms with Gasteiger partial charge in [-0.05, 0) is 35.7 Å². The van der Waals surface area contributed by atoms with Crippen LogP contribution in [0.15, 0.2) is 48.8 Å². The van der Waals surface area contributed by atoms with Gasteiger partial charge in [-0.3, -0.25) is 14.7 Å². The van der Waals surface area contributed by atoms with Gasteiger partial charge in [-0.2, -0.15) is 26.3 Å². The Balaban J connectivity index is 0.000000301. The molecule has 2 aliphatic rings. The van der Waals surface area contributed by atoms with Crippen molar-refractivity contribution in [1.29, 1.82) is 0 Å². The second-order valence-corrected chi connectivity index (χ2v) is 8.21. The lowest BCUT2D eigenvalue weighted by atomic mass is 10.1. The number of aromatic nitrogens is 1. The fourth-order valence-corrected chi connectivity index (χ4v) is 3.92. The van der Waals surface area contributed by atoms with Crippen LogP contribution < -0.4 is 0 Å². The Kier molecular flexibility index (Phi) is 10.2. The van der Waals surface area contributed by atoms with Crippen LogP contribution in [0.25, 0.3) is 0 Å². The number of hydrogen-bond donors (Lipinski definition) is 2. The van der Waals surface area contributed by atoms with Crippen molar-refractivity contribution in [1.82, 2.24) is 14.8 Å². The molecule has 0 unspecified atom stereocenters. The van der Waals surface area contributed by atoms with Crippen LogP contribution in [0.4, 0.5) is 30.7 Å². The lowest BCUT2D eigenvalue weighted by Crippen LogP contribution is -2.36. The highest BCUT2D eigenvalue weighted by atomic mass is 19.4. The summed E-state index contributed by atoms with van der Waals surface area (Å²) in [5.41, 5.74) is 2.17. The van der Waals surface area contributed by atoms with E-state index >= 15 is 0 Å². The average Bonchev–Trinajstić information content (AvgIpc) is 3.34. The number of carboxylic acid groups (broad SMARTS) is 2. The zero-order chi connectivity index (χ0) is 28.7. The largest absolute Gasteiger partial charge is 0.490 e. The summed E-state index contributed by atoms with van der Waals surface area (Å²) in [4.78, 5) is 38.8. The van der Waals surface area contributed by atoms with Crippen LogP contribution in [-0.4, -0.2) is 73.8 Å². The first kappa shape index (κ1) is 30.5. The number of benzene rings is 1. The summed E-state index contributed by atoms with van der Waals surface area (Å²) in [5, 5.41) is 14.2. The number of carbonyl (C=O) groups is 3. The molecule has 0 radical (unpaired) electrons. The number of amides is 1. The molecule has 1 amide bonds. The van der Waals surface area contributed by atoms with Crippen LogP contribution >= 0.6 is 0 Å². The maximum Gasteiger partial charge on any atom is 0.490 e. The second-order valence-electron chi connectivity index (χ2n) is 8.21. The molecule has 4 rings (SSSR count). The van der Waals surface area contributed by atoms with Gasteiger partial charge in [0.15, 0.2) is 0 Å². The highest BCUT2D eigenvalue weighted by Crippen LogP contribution is 2.34. The number of rotatable bonds is 4. The van der Waals surface area contributed by atoms with Gasteiger partial charge in [0.2, 0.25) is 5.91 Å². The van der Waals surface area contributed by atoms with Gasteiger partial charge < -0.3 is 15.1 Å². The normalized spacial score (nSPS) is 19.1. The van der Waals surface area contributed by atoms with Crippen LogP contribution in [0.2, 0.25) is 0 Å². The predicted molar refractivity (Wildman–Crippen MR) is 116 cm³/mol. The van der Waals surface area contributed by atoms with E-state index in [4.69, 9.17) is 19.8 Å². The van der Waals surface area contributed by atoms with Gasteiger partial charge >= 0.3 is 24.3 Å². The van der Waals surface area contributed by atoms with Crippen LogP contribution in [0.3, 0.4) is 0 Å². The van der Waals surface area contributed by atoms with Crippen LogP contribution in [-0.2, 0) is 27.5 Å². The maximum atomic E-state index is 13.1. The van der Waals surface area contributed by atoms with Crippen molar-refractivity contribution in [3.63, 3.8) is 0 Å². The highest BCUT2D eigenvalue weighted by molar-refractivity contribution is 5.80. The molecule has 3 heterocycles. The van der Waals surface area contributed by atoms with Gasteiger partial charge in [0.05, 0.1) is 0 Å². The fraction of sp³-hybridized carbons (Fsp3) is 0.391. The van der Waals surface area contributed by atoms with Crippen molar-refractivity contribution >= 4 is 17.8 Å². The molecule has 2 saturated heterocycles. The Morgan fingerprint density at radius 2 is 1.45 bits per heavy atom. The highest BCUT2D eigenvalue weighted by Gasteiger charge is 2.46. The summed E-state index contributed by atoms with van der Waals surface area (Å²) in [7, 11) is 0. The third-order valence-corrected chi connectivity index (χ3v) is 5.59. The summed E-state index contributed by atoms with van der Waals surface area (Å²) >= 11 is 0. The Hall–Kier alpha value is -3.75. The van der Waals surface area contributed by atoms with E-state index in [0.29, 0.717) is 13.0 Å². The molecule has 2 aliphatic heterocycles. The number of alkyl halides is 6. The average molecular weight is 553 g/mol. The molecule has 8 nitrogen and oxygen atoms in total. The molecule has 0 aliphatic carbocycles. The molecule has 2 atom stereocenters. The molecule has 2 N–H and O–H groups in total. The number of carboxylic acids is 2. The van der Waals surface area contributed by atoms with Crippen LogP contribution in [0, 0.1) is 5.82 Å². The topological polar surface area (TPSA) is 111 Å². The quantitative estimate of drug-likeness (QED) is 0.554. The molecule has 15 heteroatoms. The van der Waals surface area contributed by atoms with E-state index < -0.39 is 24.3 Å². The van der Waals surface area contributed by atoms with Crippen LogP contribution in [0.1, 0.15) is 24.0 Å². The monoisotopic (exact) mass is 553 g/mol. The molecular formula is C23H22F7N3O5. The molecule has 2 fully saturated rings. The summed E-state index contributed by atoms with van der Waals surface area (Å²) in [5.74, 6) is -5.51. The summed E-state index contributed by atoms with van der Waals surface area (Å²) in [6.45, 7) is 2.39.